The van der Waals surface area contributed by atoms with Crippen molar-refractivity contribution in [3.05, 3.63) is 42.0 Å². The van der Waals surface area contributed by atoms with Gasteiger partial charge in [0.15, 0.2) is 6.61 Å². The molecule has 0 unspecified atom stereocenters. The van der Waals surface area contributed by atoms with E-state index in [0.717, 1.165) is 5.56 Å². The zero-order valence-electron chi connectivity index (χ0n) is 7.94. The Morgan fingerprint density at radius 2 is 2.13 bits per heavy atom. The second-order valence-corrected chi connectivity index (χ2v) is 3.16. The van der Waals surface area contributed by atoms with Crippen LogP contribution in [0.15, 0.2) is 36.4 Å². The highest BCUT2D eigenvalue weighted by Crippen LogP contribution is 2.00. The Bertz CT molecular complexity index is 399. The molecule has 3 heteroatoms. The number of esters is 1. The van der Waals surface area contributed by atoms with E-state index >= 15 is 0 Å². The fraction of sp³-hybridized carbons (Fsp3) is 0.0833. The molecule has 0 atom stereocenters. The van der Waals surface area contributed by atoms with Gasteiger partial charge in [-0.1, -0.05) is 36.3 Å². The van der Waals surface area contributed by atoms with E-state index in [1.165, 1.54) is 6.08 Å². The van der Waals surface area contributed by atoms with Crippen molar-refractivity contribution in [2.24, 2.45) is 0 Å². The lowest BCUT2D eigenvalue weighted by Crippen LogP contribution is -1.99. The first kappa shape index (κ1) is 11.8. The molecule has 0 aliphatic rings. The molecule has 2 nitrogen and oxygen atoms in total. The fourth-order valence-corrected chi connectivity index (χ4v) is 1.07. The molecule has 0 radical (unpaired) electrons. The van der Waals surface area contributed by atoms with E-state index in [0.29, 0.717) is 0 Å². The summed E-state index contributed by atoms with van der Waals surface area (Å²) in [5.41, 5.74) is 0.967. The van der Waals surface area contributed by atoms with Crippen molar-refractivity contribution in [1.29, 1.82) is 0 Å². The molecule has 1 rings (SSSR count). The second-order valence-electron chi connectivity index (χ2n) is 2.62. The zero-order chi connectivity index (χ0) is 10.9. The van der Waals surface area contributed by atoms with Crippen LogP contribution in [0, 0.1) is 9.85 Å². The minimum Gasteiger partial charge on any atom is -0.449 e. The molecule has 76 valence electrons. The lowest BCUT2D eigenvalue weighted by Gasteiger charge is -1.94. The third-order valence-electron chi connectivity index (χ3n) is 1.56. The van der Waals surface area contributed by atoms with Crippen LogP contribution in [0.4, 0.5) is 0 Å². The van der Waals surface area contributed by atoms with Crippen LogP contribution in [0.5, 0.6) is 0 Å². The highest BCUT2D eigenvalue weighted by atomic mass is 127. The average Bonchev–Trinajstić information content (AvgIpc) is 2.28. The van der Waals surface area contributed by atoms with Crippen molar-refractivity contribution in [3.8, 4) is 9.85 Å². The minimum atomic E-state index is -0.377. The molecule has 0 spiro atoms. The minimum absolute atomic E-state index is 0.140. The molecule has 15 heavy (non-hydrogen) atoms. The number of hydrogen-bond acceptors (Lipinski definition) is 2. The van der Waals surface area contributed by atoms with E-state index in [-0.39, 0.29) is 12.6 Å². The molecule has 0 bridgehead atoms. The van der Waals surface area contributed by atoms with Gasteiger partial charge >= 0.3 is 5.97 Å². The van der Waals surface area contributed by atoms with Crippen LogP contribution in [0.1, 0.15) is 5.56 Å². The molecule has 0 fully saturated rings. The molecular weight excluding hydrogens is 303 g/mol. The maximum absolute atomic E-state index is 11.1. The molecule has 0 aliphatic heterocycles. The molecule has 0 saturated heterocycles. The number of carbonyl (C=O) groups is 1. The number of benzene rings is 1. The molecule has 0 amide bonds. The Hall–Kier alpha value is -1.28. The van der Waals surface area contributed by atoms with Crippen LogP contribution in [0.25, 0.3) is 6.08 Å². The van der Waals surface area contributed by atoms with Crippen LogP contribution in [0.3, 0.4) is 0 Å². The van der Waals surface area contributed by atoms with Crippen molar-refractivity contribution < 1.29 is 9.53 Å². The number of halogens is 1. The summed E-state index contributed by atoms with van der Waals surface area (Å²) in [5.74, 6) is 2.26. The van der Waals surface area contributed by atoms with Crippen molar-refractivity contribution in [3.63, 3.8) is 0 Å². The van der Waals surface area contributed by atoms with Crippen LogP contribution in [-0.2, 0) is 9.53 Å². The summed E-state index contributed by atoms with van der Waals surface area (Å²) in [6, 6.07) is 9.56. The number of hydrogen-bond donors (Lipinski definition) is 0. The summed E-state index contributed by atoms with van der Waals surface area (Å²) < 4.78 is 7.42. The molecule has 0 aliphatic carbocycles. The van der Waals surface area contributed by atoms with Crippen LogP contribution in [-0.4, -0.2) is 12.6 Å². The normalized spacial score (nSPS) is 9.40. The van der Waals surface area contributed by atoms with E-state index in [1.807, 2.05) is 52.9 Å². The maximum atomic E-state index is 11.1. The summed E-state index contributed by atoms with van der Waals surface area (Å²) in [7, 11) is 0. The number of ether oxygens (including phenoxy) is 1. The van der Waals surface area contributed by atoms with E-state index in [1.54, 1.807) is 6.08 Å². The van der Waals surface area contributed by atoms with Gasteiger partial charge in [0.05, 0.1) is 0 Å². The Kier molecular flexibility index (Phi) is 5.56. The maximum Gasteiger partial charge on any atom is 0.331 e. The summed E-state index contributed by atoms with van der Waals surface area (Å²) >= 11 is 1.89. The monoisotopic (exact) mass is 312 g/mol. The predicted octanol–water partition coefficient (Wildman–Crippen LogP) is 2.64. The topological polar surface area (TPSA) is 26.3 Å². The quantitative estimate of drug-likeness (QED) is 0.371. The average molecular weight is 312 g/mol. The van der Waals surface area contributed by atoms with Crippen molar-refractivity contribution in [1.82, 2.24) is 0 Å². The summed E-state index contributed by atoms with van der Waals surface area (Å²) in [4.78, 5) is 11.1. The smallest absolute Gasteiger partial charge is 0.331 e. The van der Waals surface area contributed by atoms with E-state index < -0.39 is 0 Å². The standard InChI is InChI=1S/C12H9IO2/c13-9-4-10-15-12(14)8-7-11-5-2-1-3-6-11/h1-3,5-8H,10H2. The Morgan fingerprint density at radius 3 is 2.80 bits per heavy atom. The molecule has 1 aromatic carbocycles. The third-order valence-corrected chi connectivity index (χ3v) is 1.95. The van der Waals surface area contributed by atoms with E-state index in [9.17, 15) is 4.79 Å². The SMILES string of the molecule is O=C(C=Cc1ccccc1)OCC#CI. The first-order valence-corrected chi connectivity index (χ1v) is 5.39. The largest absolute Gasteiger partial charge is 0.449 e. The van der Waals surface area contributed by atoms with Crippen LogP contribution in [0.2, 0.25) is 0 Å². The van der Waals surface area contributed by atoms with Gasteiger partial charge in [-0.05, 0) is 15.6 Å². The van der Waals surface area contributed by atoms with Crippen LogP contribution < -0.4 is 0 Å². The lowest BCUT2D eigenvalue weighted by molar-refractivity contribution is -0.136. The zero-order valence-corrected chi connectivity index (χ0v) is 10.1. The van der Waals surface area contributed by atoms with Crippen LogP contribution >= 0.6 is 22.6 Å². The predicted molar refractivity (Wildman–Crippen MR) is 68.2 cm³/mol. The van der Waals surface area contributed by atoms with Gasteiger partial charge in [0.25, 0.3) is 0 Å². The second kappa shape index (κ2) is 7.07. The van der Waals surface area contributed by atoms with Gasteiger partial charge in [0.2, 0.25) is 0 Å². The highest BCUT2D eigenvalue weighted by Gasteiger charge is 1.93. The molecule has 0 saturated carbocycles. The van der Waals surface area contributed by atoms with Gasteiger partial charge in [0.1, 0.15) is 0 Å². The molecule has 0 N–H and O–H groups in total. The Morgan fingerprint density at radius 1 is 1.40 bits per heavy atom. The van der Waals surface area contributed by atoms with Crippen molar-refractivity contribution >= 4 is 34.6 Å². The van der Waals surface area contributed by atoms with E-state index in [2.05, 4.69) is 9.85 Å². The summed E-state index contributed by atoms with van der Waals surface area (Å²) in [5, 5.41) is 0. The summed E-state index contributed by atoms with van der Waals surface area (Å²) in [6.07, 6.45) is 3.10. The van der Waals surface area contributed by atoms with Crippen molar-refractivity contribution in [2.75, 3.05) is 6.61 Å². The van der Waals surface area contributed by atoms with Gasteiger partial charge in [-0.3, -0.25) is 0 Å². The summed E-state index contributed by atoms with van der Waals surface area (Å²) in [6.45, 7) is 0.140. The Balaban J connectivity index is 2.43. The van der Waals surface area contributed by atoms with Gasteiger partial charge in [0, 0.05) is 28.7 Å². The highest BCUT2D eigenvalue weighted by molar-refractivity contribution is 14.1. The molecule has 0 heterocycles. The number of rotatable bonds is 3. The fourth-order valence-electron chi connectivity index (χ4n) is 0.911. The third kappa shape index (κ3) is 5.23. The van der Waals surface area contributed by atoms with Gasteiger partial charge in [-0.2, -0.15) is 0 Å². The van der Waals surface area contributed by atoms with Gasteiger partial charge < -0.3 is 4.74 Å². The van der Waals surface area contributed by atoms with Gasteiger partial charge in [-0.15, -0.1) is 0 Å². The first-order valence-electron chi connectivity index (χ1n) is 4.31. The number of carbonyl (C=O) groups excluding carboxylic acids is 1. The van der Waals surface area contributed by atoms with Gasteiger partial charge in [-0.25, -0.2) is 4.79 Å². The lowest BCUT2D eigenvalue weighted by atomic mass is 10.2. The van der Waals surface area contributed by atoms with Crippen molar-refractivity contribution in [2.45, 2.75) is 0 Å². The molecule has 1 aromatic rings. The molecule has 0 aromatic heterocycles. The Labute approximate surface area is 102 Å². The van der Waals surface area contributed by atoms with E-state index in [4.69, 9.17) is 4.74 Å². The first-order chi connectivity index (χ1) is 7.33. The molecular formula is C12H9IO2.